The fraction of sp³-hybridized carbons (Fsp3) is 0.438. The van der Waals surface area contributed by atoms with Crippen molar-refractivity contribution in [1.82, 2.24) is 24.8 Å². The Bertz CT molecular complexity index is 1690. The normalized spacial score (nSPS) is 16.6. The first-order chi connectivity index (χ1) is 21.9. The molecule has 0 aliphatic carbocycles. The number of nitrogens with zero attached hydrogens (tertiary/aromatic N) is 6. The predicted molar refractivity (Wildman–Crippen MR) is 172 cm³/mol. The molecule has 5 rings (SSSR count). The molecule has 3 N–H and O–H groups in total. The summed E-state index contributed by atoms with van der Waals surface area (Å²) in [6.07, 6.45) is -3.70. The van der Waals surface area contributed by atoms with Crippen molar-refractivity contribution in [3.8, 4) is 11.6 Å². The van der Waals surface area contributed by atoms with E-state index in [4.69, 9.17) is 25.2 Å². The number of halogens is 3. The van der Waals surface area contributed by atoms with E-state index in [1.54, 1.807) is 31.4 Å². The Morgan fingerprint density at radius 3 is 2.52 bits per heavy atom. The van der Waals surface area contributed by atoms with Crippen LogP contribution in [0.5, 0.6) is 11.6 Å². The standard InChI is InChI=1S/C32H39F3N8O3/c1-20(2)15-23-17-41(13-14-42(23)19-32(33,34)35)26-16-27(46-25-12-8-11-24-28(25)40-29(36)30(44)37-24)39-31(38-26)43(21(3)18-45-4)22-9-6-5-7-10-22/h5-12,16,20-21,23H,13-15,17-19H2,1-4H3,(H2,36,40)(H,37,44)/t21-,23?/m0/s1. The lowest BCUT2D eigenvalue weighted by atomic mass is 10.00. The van der Waals surface area contributed by atoms with Gasteiger partial charge >= 0.3 is 6.18 Å². The molecule has 0 spiro atoms. The van der Waals surface area contributed by atoms with Crippen molar-refractivity contribution >= 4 is 34.3 Å². The van der Waals surface area contributed by atoms with Gasteiger partial charge in [0.05, 0.1) is 24.7 Å². The number of ether oxygens (including phenoxy) is 2. The molecular formula is C32H39F3N8O3. The smallest absolute Gasteiger partial charge is 0.401 e. The summed E-state index contributed by atoms with van der Waals surface area (Å²) in [5.41, 5.74) is 6.90. The summed E-state index contributed by atoms with van der Waals surface area (Å²) in [7, 11) is 1.62. The van der Waals surface area contributed by atoms with Gasteiger partial charge in [0.2, 0.25) is 11.8 Å². The SMILES string of the molecule is COC[C@H](C)N(c1ccccc1)c1nc(Oc2cccc3[nH]c(=O)c(N)nc23)cc(N2CCN(CC(F)(F)F)C(CC(C)C)C2)n1. The maximum atomic E-state index is 13.5. The van der Waals surface area contributed by atoms with E-state index in [9.17, 15) is 18.0 Å². The summed E-state index contributed by atoms with van der Waals surface area (Å²) in [5, 5.41) is 0. The number of fused-ring (bicyclic) bond motifs is 1. The lowest BCUT2D eigenvalue weighted by Crippen LogP contribution is -2.56. The zero-order valence-corrected chi connectivity index (χ0v) is 26.3. The van der Waals surface area contributed by atoms with Gasteiger partial charge in [0.1, 0.15) is 11.3 Å². The summed E-state index contributed by atoms with van der Waals surface area (Å²) in [6.45, 7) is 6.29. The first-order valence-corrected chi connectivity index (χ1v) is 15.2. The highest BCUT2D eigenvalue weighted by Crippen LogP contribution is 2.34. The lowest BCUT2D eigenvalue weighted by Gasteiger charge is -2.43. The van der Waals surface area contributed by atoms with Crippen LogP contribution in [-0.4, -0.2) is 83.0 Å². The van der Waals surface area contributed by atoms with Crippen LogP contribution in [0, 0.1) is 5.92 Å². The molecule has 2 aromatic carbocycles. The molecule has 1 aliphatic heterocycles. The van der Waals surface area contributed by atoms with E-state index < -0.39 is 18.3 Å². The van der Waals surface area contributed by atoms with Crippen molar-refractivity contribution in [2.24, 2.45) is 5.92 Å². The second-order valence-electron chi connectivity index (χ2n) is 11.9. The second-order valence-corrected chi connectivity index (χ2v) is 11.9. The lowest BCUT2D eigenvalue weighted by molar-refractivity contribution is -0.152. The van der Waals surface area contributed by atoms with Gasteiger partial charge in [0.25, 0.3) is 5.56 Å². The van der Waals surface area contributed by atoms with Crippen molar-refractivity contribution in [2.75, 3.05) is 55.4 Å². The van der Waals surface area contributed by atoms with Gasteiger partial charge in [0, 0.05) is 44.5 Å². The number of methoxy groups -OCH3 is 1. The highest BCUT2D eigenvalue weighted by molar-refractivity contribution is 5.82. The Hall–Kier alpha value is -4.43. The molecular weight excluding hydrogens is 601 g/mol. The molecule has 1 unspecified atom stereocenters. The van der Waals surface area contributed by atoms with Gasteiger partial charge < -0.3 is 30.0 Å². The van der Waals surface area contributed by atoms with Crippen LogP contribution >= 0.6 is 0 Å². The van der Waals surface area contributed by atoms with Crippen LogP contribution in [-0.2, 0) is 4.74 Å². The Labute approximate surface area is 265 Å². The molecule has 1 fully saturated rings. The Morgan fingerprint density at radius 2 is 1.83 bits per heavy atom. The van der Waals surface area contributed by atoms with Crippen LogP contribution in [0.15, 0.2) is 59.4 Å². The summed E-state index contributed by atoms with van der Waals surface area (Å²) in [5.74, 6) is 1.31. The number of piperazine rings is 1. The predicted octanol–water partition coefficient (Wildman–Crippen LogP) is 5.36. The van der Waals surface area contributed by atoms with Crippen LogP contribution in [0.25, 0.3) is 11.0 Å². The monoisotopic (exact) mass is 640 g/mol. The molecule has 0 radical (unpaired) electrons. The van der Waals surface area contributed by atoms with Gasteiger partial charge in [-0.25, -0.2) is 4.98 Å². The van der Waals surface area contributed by atoms with Gasteiger partial charge in [-0.1, -0.05) is 38.1 Å². The first kappa shape index (κ1) is 32.9. The van der Waals surface area contributed by atoms with E-state index in [2.05, 4.69) is 9.97 Å². The zero-order valence-electron chi connectivity index (χ0n) is 26.3. The number of benzene rings is 2. The maximum Gasteiger partial charge on any atom is 0.401 e. The third-order valence-corrected chi connectivity index (χ3v) is 7.76. The molecule has 246 valence electrons. The quantitative estimate of drug-likeness (QED) is 0.221. The van der Waals surface area contributed by atoms with E-state index >= 15 is 0 Å². The average molecular weight is 641 g/mol. The van der Waals surface area contributed by atoms with Crippen LogP contribution < -0.4 is 25.8 Å². The number of anilines is 4. The fourth-order valence-electron chi connectivity index (χ4n) is 5.79. The van der Waals surface area contributed by atoms with Crippen LogP contribution in [0.2, 0.25) is 0 Å². The van der Waals surface area contributed by atoms with Crippen LogP contribution in [0.4, 0.5) is 36.4 Å². The molecule has 1 aliphatic rings. The Balaban J connectivity index is 1.60. The summed E-state index contributed by atoms with van der Waals surface area (Å²) >= 11 is 0. The minimum atomic E-state index is -4.30. The molecule has 11 nitrogen and oxygen atoms in total. The van der Waals surface area contributed by atoms with Gasteiger partial charge in [0.15, 0.2) is 11.6 Å². The van der Waals surface area contributed by atoms with Crippen molar-refractivity contribution < 1.29 is 22.6 Å². The van der Waals surface area contributed by atoms with E-state index in [0.29, 0.717) is 54.7 Å². The summed E-state index contributed by atoms with van der Waals surface area (Å²) < 4.78 is 52.3. The number of nitrogen functional groups attached to an aromatic ring is 1. The number of alkyl halides is 3. The molecule has 1 saturated heterocycles. The fourth-order valence-corrected chi connectivity index (χ4v) is 5.79. The molecule has 14 heteroatoms. The third kappa shape index (κ3) is 7.85. The van der Waals surface area contributed by atoms with E-state index in [1.807, 2.05) is 60.9 Å². The van der Waals surface area contributed by atoms with E-state index in [1.165, 1.54) is 4.90 Å². The second kappa shape index (κ2) is 13.9. The number of H-pyrrole nitrogens is 1. The van der Waals surface area contributed by atoms with Gasteiger partial charge in [-0.3, -0.25) is 9.69 Å². The largest absolute Gasteiger partial charge is 0.436 e. The maximum absolute atomic E-state index is 13.5. The summed E-state index contributed by atoms with van der Waals surface area (Å²) in [4.78, 5) is 34.2. The topological polar surface area (TPSA) is 126 Å². The zero-order chi connectivity index (χ0) is 33.0. The number of hydrogen-bond acceptors (Lipinski definition) is 10. The Morgan fingerprint density at radius 1 is 1.07 bits per heavy atom. The highest BCUT2D eigenvalue weighted by Gasteiger charge is 2.37. The van der Waals surface area contributed by atoms with Crippen LogP contribution in [0.3, 0.4) is 0 Å². The molecule has 46 heavy (non-hydrogen) atoms. The molecule has 0 saturated carbocycles. The number of hydrogen-bond donors (Lipinski definition) is 2. The number of para-hydroxylation sites is 2. The molecule has 2 aromatic heterocycles. The molecule has 0 amide bonds. The van der Waals surface area contributed by atoms with Gasteiger partial charge in [-0.2, -0.15) is 23.1 Å². The highest BCUT2D eigenvalue weighted by atomic mass is 19.4. The molecule has 4 aromatic rings. The van der Waals surface area contributed by atoms with Crippen molar-refractivity contribution in [2.45, 2.75) is 45.5 Å². The van der Waals surface area contributed by atoms with Gasteiger partial charge in [-0.15, -0.1) is 0 Å². The molecule has 2 atom stereocenters. The minimum Gasteiger partial charge on any atom is -0.436 e. The summed E-state index contributed by atoms with van der Waals surface area (Å²) in [6, 6.07) is 15.8. The van der Waals surface area contributed by atoms with Crippen molar-refractivity contribution in [3.05, 3.63) is 65.0 Å². The average Bonchev–Trinajstić information content (AvgIpc) is 2.99. The number of nitrogens with one attached hydrogen (secondary N) is 1. The molecule has 3 heterocycles. The van der Waals surface area contributed by atoms with Crippen molar-refractivity contribution in [1.29, 1.82) is 0 Å². The number of aromatic amines is 1. The third-order valence-electron chi connectivity index (χ3n) is 7.76. The van der Waals surface area contributed by atoms with Crippen LogP contribution in [0.1, 0.15) is 27.2 Å². The van der Waals surface area contributed by atoms with Crippen molar-refractivity contribution in [3.63, 3.8) is 0 Å². The van der Waals surface area contributed by atoms with E-state index in [-0.39, 0.29) is 36.2 Å². The van der Waals surface area contributed by atoms with Gasteiger partial charge in [-0.05, 0) is 43.5 Å². The molecule has 0 bridgehead atoms. The van der Waals surface area contributed by atoms with E-state index in [0.717, 1.165) is 5.69 Å². The number of aromatic nitrogens is 4. The first-order valence-electron chi connectivity index (χ1n) is 15.2. The Kier molecular flexibility index (Phi) is 9.97. The number of rotatable bonds is 11. The minimum absolute atomic E-state index is 0.183. The number of nitrogens with two attached hydrogens (primary N) is 1.